The summed E-state index contributed by atoms with van der Waals surface area (Å²) in [5.74, 6) is 0. The zero-order valence-corrected chi connectivity index (χ0v) is 17.5. The monoisotopic (exact) mass is 397 g/mol. The van der Waals surface area contributed by atoms with Gasteiger partial charge in [0.05, 0.1) is 0 Å². The molecule has 23 heavy (non-hydrogen) atoms. The first-order chi connectivity index (χ1) is 10.7. The minimum absolute atomic E-state index is 0. The van der Waals surface area contributed by atoms with Crippen molar-refractivity contribution in [1.29, 1.82) is 0 Å². The molecule has 0 amide bonds. The van der Waals surface area contributed by atoms with Gasteiger partial charge in [0.25, 0.3) is 0 Å². The Labute approximate surface area is 156 Å². The van der Waals surface area contributed by atoms with Crippen LogP contribution in [-0.4, -0.2) is 23.0 Å². The molecular weight excluding hydrogens is 354 g/mol. The van der Waals surface area contributed by atoms with E-state index in [4.69, 9.17) is 10.2 Å². The SMILES string of the molecule is Br.CCCCCCCCCCCCCCCCC.NCC(O)O. The average molecular weight is 398 g/mol. The minimum atomic E-state index is -1.34. The second kappa shape index (κ2) is 27.2. The molecule has 0 aromatic rings. The number of hydrogen-bond acceptors (Lipinski definition) is 3. The van der Waals surface area contributed by atoms with E-state index in [2.05, 4.69) is 19.6 Å². The predicted molar refractivity (Wildman–Crippen MR) is 108 cm³/mol. The van der Waals surface area contributed by atoms with E-state index in [1.54, 1.807) is 0 Å². The van der Waals surface area contributed by atoms with E-state index in [9.17, 15) is 0 Å². The van der Waals surface area contributed by atoms with Gasteiger partial charge in [0, 0.05) is 6.54 Å². The molecule has 0 fully saturated rings. The molecule has 0 heterocycles. The molecule has 0 aromatic carbocycles. The van der Waals surface area contributed by atoms with Crippen LogP contribution >= 0.6 is 17.0 Å². The fraction of sp³-hybridized carbons (Fsp3) is 1.00. The molecule has 3 nitrogen and oxygen atoms in total. The summed E-state index contributed by atoms with van der Waals surface area (Å²) in [5, 5.41) is 15.6. The molecule has 0 aromatic heterocycles. The zero-order valence-electron chi connectivity index (χ0n) is 15.8. The number of nitrogens with two attached hydrogens (primary N) is 1. The summed E-state index contributed by atoms with van der Waals surface area (Å²) in [4.78, 5) is 0. The van der Waals surface area contributed by atoms with Crippen molar-refractivity contribution < 1.29 is 10.2 Å². The van der Waals surface area contributed by atoms with E-state index < -0.39 is 6.29 Å². The van der Waals surface area contributed by atoms with Crippen molar-refractivity contribution in [2.24, 2.45) is 5.73 Å². The van der Waals surface area contributed by atoms with Gasteiger partial charge >= 0.3 is 0 Å². The Kier molecular flexibility index (Phi) is 33.3. The van der Waals surface area contributed by atoms with Gasteiger partial charge in [0.1, 0.15) is 0 Å². The molecule has 4 heteroatoms. The van der Waals surface area contributed by atoms with E-state index >= 15 is 0 Å². The van der Waals surface area contributed by atoms with Gasteiger partial charge < -0.3 is 15.9 Å². The predicted octanol–water partition coefficient (Wildman–Crippen LogP) is 5.71. The second-order valence-corrected chi connectivity index (χ2v) is 6.31. The molecule has 0 aliphatic rings. The second-order valence-electron chi connectivity index (χ2n) is 6.31. The number of rotatable bonds is 15. The fourth-order valence-electron chi connectivity index (χ4n) is 2.44. The third kappa shape index (κ3) is 34.6. The van der Waals surface area contributed by atoms with Gasteiger partial charge in [-0.25, -0.2) is 0 Å². The Morgan fingerprint density at radius 1 is 0.565 bits per heavy atom. The molecular formula is C19H44BrNO2. The molecule has 0 spiro atoms. The van der Waals surface area contributed by atoms with Crippen LogP contribution < -0.4 is 5.73 Å². The van der Waals surface area contributed by atoms with Crippen molar-refractivity contribution in [3.63, 3.8) is 0 Å². The van der Waals surface area contributed by atoms with Crippen molar-refractivity contribution in [3.05, 3.63) is 0 Å². The van der Waals surface area contributed by atoms with E-state index in [0.717, 1.165) is 0 Å². The standard InChI is InChI=1S/C17H36.C2H7NO2.BrH/c1-3-5-7-9-11-13-15-17-16-14-12-10-8-6-4-2;3-1-2(4)5;/h3-17H2,1-2H3;2,4-5H,1,3H2;1H. The quantitative estimate of drug-likeness (QED) is 0.244. The highest BCUT2D eigenvalue weighted by atomic mass is 79.9. The maximum absolute atomic E-state index is 7.79. The molecule has 0 aliphatic heterocycles. The van der Waals surface area contributed by atoms with Crippen LogP contribution in [0.25, 0.3) is 0 Å². The van der Waals surface area contributed by atoms with Crippen LogP contribution in [0.2, 0.25) is 0 Å². The van der Waals surface area contributed by atoms with Crippen LogP contribution in [0.15, 0.2) is 0 Å². The topological polar surface area (TPSA) is 66.5 Å². The van der Waals surface area contributed by atoms with Crippen LogP contribution in [0.3, 0.4) is 0 Å². The molecule has 0 unspecified atom stereocenters. The van der Waals surface area contributed by atoms with Crippen molar-refractivity contribution in [3.8, 4) is 0 Å². The van der Waals surface area contributed by atoms with E-state index in [1.807, 2.05) is 0 Å². The lowest BCUT2D eigenvalue weighted by Crippen LogP contribution is -2.17. The van der Waals surface area contributed by atoms with Crippen molar-refractivity contribution in [2.75, 3.05) is 6.54 Å². The Morgan fingerprint density at radius 2 is 0.739 bits per heavy atom. The van der Waals surface area contributed by atoms with Crippen LogP contribution in [-0.2, 0) is 0 Å². The molecule has 0 saturated carbocycles. The van der Waals surface area contributed by atoms with E-state index in [0.29, 0.717) is 0 Å². The third-order valence-electron chi connectivity index (χ3n) is 3.92. The number of hydrogen-bond donors (Lipinski definition) is 3. The van der Waals surface area contributed by atoms with Crippen LogP contribution in [0.4, 0.5) is 0 Å². The zero-order chi connectivity index (χ0) is 16.9. The van der Waals surface area contributed by atoms with Crippen LogP contribution in [0.1, 0.15) is 110 Å². The number of aliphatic hydroxyl groups is 2. The van der Waals surface area contributed by atoms with E-state index in [1.165, 1.54) is 96.3 Å². The Bertz CT molecular complexity index is 167. The first-order valence-corrected chi connectivity index (χ1v) is 9.75. The van der Waals surface area contributed by atoms with Gasteiger partial charge in [-0.2, -0.15) is 0 Å². The molecule has 0 radical (unpaired) electrons. The van der Waals surface area contributed by atoms with E-state index in [-0.39, 0.29) is 23.5 Å². The highest BCUT2D eigenvalue weighted by Gasteiger charge is 1.93. The normalized spacial score (nSPS) is 10.2. The molecule has 0 aliphatic carbocycles. The van der Waals surface area contributed by atoms with Gasteiger partial charge in [-0.1, -0.05) is 110 Å². The first kappa shape index (κ1) is 28.2. The summed E-state index contributed by atoms with van der Waals surface area (Å²) in [6.45, 7) is 4.50. The lowest BCUT2D eigenvalue weighted by atomic mass is 10.0. The number of unbranched alkanes of at least 4 members (excludes halogenated alkanes) is 14. The molecule has 144 valence electrons. The van der Waals surface area contributed by atoms with Crippen molar-refractivity contribution >= 4 is 17.0 Å². The van der Waals surface area contributed by atoms with Gasteiger partial charge in [0.15, 0.2) is 6.29 Å². The fourth-order valence-corrected chi connectivity index (χ4v) is 2.44. The smallest absolute Gasteiger partial charge is 0.163 e. The lowest BCUT2D eigenvalue weighted by Gasteiger charge is -2.02. The maximum atomic E-state index is 7.79. The van der Waals surface area contributed by atoms with Gasteiger partial charge in [-0.05, 0) is 0 Å². The van der Waals surface area contributed by atoms with Gasteiger partial charge in [-0.3, -0.25) is 0 Å². The van der Waals surface area contributed by atoms with Crippen molar-refractivity contribution in [2.45, 2.75) is 116 Å². The van der Waals surface area contributed by atoms with Gasteiger partial charge in [0.2, 0.25) is 0 Å². The largest absolute Gasteiger partial charge is 0.367 e. The molecule has 0 rings (SSSR count). The Hall–Kier alpha value is 0.360. The third-order valence-corrected chi connectivity index (χ3v) is 3.92. The van der Waals surface area contributed by atoms with Gasteiger partial charge in [-0.15, -0.1) is 17.0 Å². The summed E-state index contributed by atoms with van der Waals surface area (Å²) >= 11 is 0. The summed E-state index contributed by atoms with van der Waals surface area (Å²) < 4.78 is 0. The number of halogens is 1. The number of aliphatic hydroxyl groups excluding tert-OH is 1. The molecule has 4 N–H and O–H groups in total. The van der Waals surface area contributed by atoms with Crippen LogP contribution in [0.5, 0.6) is 0 Å². The summed E-state index contributed by atoms with van der Waals surface area (Å²) in [6.07, 6.45) is 20.6. The maximum Gasteiger partial charge on any atom is 0.163 e. The molecule has 0 bridgehead atoms. The Morgan fingerprint density at radius 3 is 0.870 bits per heavy atom. The molecule has 0 atom stereocenters. The molecule has 0 saturated heterocycles. The Balaban J connectivity index is -0.000000578. The van der Waals surface area contributed by atoms with Crippen LogP contribution in [0, 0.1) is 0 Å². The minimum Gasteiger partial charge on any atom is -0.367 e. The summed E-state index contributed by atoms with van der Waals surface area (Å²) in [6, 6.07) is 0. The average Bonchev–Trinajstić information content (AvgIpc) is 2.52. The highest BCUT2D eigenvalue weighted by Crippen LogP contribution is 2.13. The summed E-state index contributed by atoms with van der Waals surface area (Å²) in [7, 11) is 0. The van der Waals surface area contributed by atoms with Crippen molar-refractivity contribution in [1.82, 2.24) is 0 Å². The highest BCUT2D eigenvalue weighted by molar-refractivity contribution is 8.93. The first-order valence-electron chi connectivity index (χ1n) is 9.75. The lowest BCUT2D eigenvalue weighted by molar-refractivity contribution is -0.0309. The summed E-state index contributed by atoms with van der Waals surface area (Å²) in [5.41, 5.74) is 4.67.